The molecule has 0 fully saturated rings. The lowest BCUT2D eigenvalue weighted by Gasteiger charge is -1.98. The summed E-state index contributed by atoms with van der Waals surface area (Å²) in [5, 5.41) is 0. The maximum Gasteiger partial charge on any atom is 0.193 e. The Morgan fingerprint density at radius 1 is 0.611 bits per heavy atom. The number of hydrogen-bond donors (Lipinski definition) is 0. The maximum absolute atomic E-state index is 4.43. The summed E-state index contributed by atoms with van der Waals surface area (Å²) in [6, 6.07) is 7.56. The van der Waals surface area contributed by atoms with Gasteiger partial charge in [0.2, 0.25) is 0 Å². The predicted octanol–water partition coefficient (Wildman–Crippen LogP) is 2.15. The highest BCUT2D eigenvalue weighted by molar-refractivity contribution is 7.00. The molecule has 4 aromatic rings. The second-order valence-electron chi connectivity index (χ2n) is 3.61. The van der Waals surface area contributed by atoms with E-state index in [2.05, 4.69) is 27.5 Å². The van der Waals surface area contributed by atoms with Crippen molar-refractivity contribution in [3.63, 3.8) is 0 Å². The number of nitrogens with zero attached hydrogens (tertiary/aromatic N) is 6. The Balaban J connectivity index is 1.93. The summed E-state index contributed by atoms with van der Waals surface area (Å²) in [4.78, 5) is 8.85. The third-order valence-electron chi connectivity index (χ3n) is 2.50. The minimum Gasteiger partial charge on any atom is -0.224 e. The Morgan fingerprint density at radius 2 is 1.11 bits per heavy atom. The second-order valence-corrected chi connectivity index (χ2v) is 4.66. The molecular formula is C10H4N6S2. The van der Waals surface area contributed by atoms with Crippen molar-refractivity contribution in [3.05, 3.63) is 24.3 Å². The molecule has 4 aromatic heterocycles. The van der Waals surface area contributed by atoms with E-state index in [1.54, 1.807) is 0 Å². The first-order chi connectivity index (χ1) is 8.90. The van der Waals surface area contributed by atoms with Crippen molar-refractivity contribution >= 4 is 45.8 Å². The van der Waals surface area contributed by atoms with Gasteiger partial charge < -0.3 is 0 Å². The van der Waals surface area contributed by atoms with Crippen LogP contribution < -0.4 is 0 Å². The Bertz CT molecular complexity index is 779. The molecule has 0 amide bonds. The van der Waals surface area contributed by atoms with E-state index in [1.807, 2.05) is 24.3 Å². The molecule has 0 radical (unpaired) electrons. The van der Waals surface area contributed by atoms with Gasteiger partial charge in [-0.15, -0.1) is 0 Å². The van der Waals surface area contributed by atoms with Crippen LogP contribution in [-0.4, -0.2) is 27.5 Å². The Hall–Kier alpha value is -2.06. The highest BCUT2D eigenvalue weighted by Gasteiger charge is 2.07. The summed E-state index contributed by atoms with van der Waals surface area (Å²) >= 11 is 2.31. The molecule has 0 unspecified atom stereocenters. The molecule has 6 nitrogen and oxygen atoms in total. The molecule has 4 heterocycles. The van der Waals surface area contributed by atoms with E-state index in [0.29, 0.717) is 11.3 Å². The summed E-state index contributed by atoms with van der Waals surface area (Å²) in [6.45, 7) is 0. The number of rotatable bonds is 1. The van der Waals surface area contributed by atoms with Crippen molar-refractivity contribution in [2.45, 2.75) is 0 Å². The monoisotopic (exact) mass is 272 g/mol. The number of fused-ring (bicyclic) bond motifs is 2. The van der Waals surface area contributed by atoms with E-state index in [9.17, 15) is 0 Å². The first kappa shape index (κ1) is 9.92. The fourth-order valence-electron chi connectivity index (χ4n) is 1.65. The molecule has 0 bridgehead atoms. The van der Waals surface area contributed by atoms with Crippen LogP contribution in [0.2, 0.25) is 0 Å². The number of aromatic nitrogens is 6. The molecule has 86 valence electrons. The van der Waals surface area contributed by atoms with Gasteiger partial charge in [0.05, 0.1) is 34.8 Å². The Kier molecular flexibility index (Phi) is 2.05. The molecule has 0 N–H and O–H groups in total. The van der Waals surface area contributed by atoms with E-state index in [1.165, 1.54) is 0 Å². The van der Waals surface area contributed by atoms with Crippen LogP contribution in [0.25, 0.3) is 33.7 Å². The summed E-state index contributed by atoms with van der Waals surface area (Å²) in [5.74, 6) is 0. The zero-order valence-corrected chi connectivity index (χ0v) is 10.4. The molecule has 0 saturated heterocycles. The van der Waals surface area contributed by atoms with Gasteiger partial charge in [0.1, 0.15) is 11.0 Å². The topological polar surface area (TPSA) is 77.3 Å². The van der Waals surface area contributed by atoms with E-state index in [4.69, 9.17) is 0 Å². The van der Waals surface area contributed by atoms with Crippen LogP contribution in [0.5, 0.6) is 0 Å². The van der Waals surface area contributed by atoms with Gasteiger partial charge in [-0.1, -0.05) is 0 Å². The van der Waals surface area contributed by atoms with Crippen LogP contribution in [0.4, 0.5) is 0 Å². The minimum atomic E-state index is 0.649. The van der Waals surface area contributed by atoms with Gasteiger partial charge >= 0.3 is 0 Å². The Morgan fingerprint density at radius 3 is 1.61 bits per heavy atom. The lowest BCUT2D eigenvalue weighted by molar-refractivity contribution is 1.28. The molecule has 8 heteroatoms. The highest BCUT2D eigenvalue weighted by Crippen LogP contribution is 2.20. The van der Waals surface area contributed by atoms with Gasteiger partial charge in [0, 0.05) is 0 Å². The van der Waals surface area contributed by atoms with Crippen molar-refractivity contribution in [3.8, 4) is 11.4 Å². The van der Waals surface area contributed by atoms with Gasteiger partial charge in [0.15, 0.2) is 11.3 Å². The third kappa shape index (κ3) is 1.46. The molecule has 0 atom stereocenters. The minimum absolute atomic E-state index is 0.649. The van der Waals surface area contributed by atoms with Gasteiger partial charge in [-0.25, -0.2) is 9.97 Å². The first-order valence-electron chi connectivity index (χ1n) is 5.09. The van der Waals surface area contributed by atoms with Gasteiger partial charge in [-0.2, -0.15) is 17.5 Å². The largest absolute Gasteiger partial charge is 0.224 e. The molecule has 0 aliphatic rings. The third-order valence-corrected chi connectivity index (χ3v) is 3.57. The SMILES string of the molecule is c1cc2nsnc2nc1-c1ccc2nsnc2n1. The smallest absolute Gasteiger partial charge is 0.193 e. The molecule has 0 spiro atoms. The summed E-state index contributed by atoms with van der Waals surface area (Å²) < 4.78 is 16.5. The fourth-order valence-corrected chi connectivity index (χ4v) is 2.62. The normalized spacial score (nSPS) is 11.3. The zero-order valence-electron chi connectivity index (χ0n) is 8.81. The molecule has 0 aliphatic heterocycles. The zero-order chi connectivity index (χ0) is 11.9. The van der Waals surface area contributed by atoms with Crippen LogP contribution in [-0.2, 0) is 0 Å². The average molecular weight is 272 g/mol. The van der Waals surface area contributed by atoms with Crippen molar-refractivity contribution in [1.82, 2.24) is 27.5 Å². The van der Waals surface area contributed by atoms with Crippen LogP contribution >= 0.6 is 23.5 Å². The first-order valence-corrected chi connectivity index (χ1v) is 6.55. The van der Waals surface area contributed by atoms with E-state index >= 15 is 0 Å². The van der Waals surface area contributed by atoms with Gasteiger partial charge in [0.25, 0.3) is 0 Å². The molecule has 18 heavy (non-hydrogen) atoms. The second kappa shape index (κ2) is 3.72. The summed E-state index contributed by atoms with van der Waals surface area (Å²) in [7, 11) is 0. The maximum atomic E-state index is 4.43. The summed E-state index contributed by atoms with van der Waals surface area (Å²) in [6.07, 6.45) is 0. The van der Waals surface area contributed by atoms with Crippen molar-refractivity contribution in [2.75, 3.05) is 0 Å². The molecule has 0 aliphatic carbocycles. The van der Waals surface area contributed by atoms with Crippen LogP contribution in [0.3, 0.4) is 0 Å². The van der Waals surface area contributed by atoms with Gasteiger partial charge in [-0.05, 0) is 24.3 Å². The van der Waals surface area contributed by atoms with Gasteiger partial charge in [-0.3, -0.25) is 0 Å². The predicted molar refractivity (Wildman–Crippen MR) is 69.4 cm³/mol. The summed E-state index contributed by atoms with van der Waals surface area (Å²) in [5.41, 5.74) is 4.45. The van der Waals surface area contributed by atoms with Crippen molar-refractivity contribution < 1.29 is 0 Å². The number of hydrogen-bond acceptors (Lipinski definition) is 8. The average Bonchev–Trinajstić information content (AvgIpc) is 3.05. The quantitative estimate of drug-likeness (QED) is 0.528. The lowest BCUT2D eigenvalue weighted by Crippen LogP contribution is -1.88. The lowest BCUT2D eigenvalue weighted by atomic mass is 10.2. The van der Waals surface area contributed by atoms with Crippen LogP contribution in [0, 0.1) is 0 Å². The van der Waals surface area contributed by atoms with E-state index < -0.39 is 0 Å². The molecular weight excluding hydrogens is 268 g/mol. The van der Waals surface area contributed by atoms with E-state index in [-0.39, 0.29) is 0 Å². The molecule has 4 rings (SSSR count). The standard InChI is InChI=1S/C10H4N6S2/c1-3-7-9(15-17-13-7)11-5(1)6-2-4-8-10(12-6)16-18-14-8/h1-4H. The fraction of sp³-hybridized carbons (Fsp3) is 0. The molecule has 0 saturated carbocycles. The Labute approximate surface area is 109 Å². The highest BCUT2D eigenvalue weighted by atomic mass is 32.1. The number of pyridine rings is 2. The van der Waals surface area contributed by atoms with Crippen molar-refractivity contribution in [1.29, 1.82) is 0 Å². The van der Waals surface area contributed by atoms with Crippen molar-refractivity contribution in [2.24, 2.45) is 0 Å². The van der Waals surface area contributed by atoms with Crippen LogP contribution in [0.15, 0.2) is 24.3 Å². The van der Waals surface area contributed by atoms with E-state index in [0.717, 1.165) is 45.9 Å². The molecule has 0 aromatic carbocycles. The van der Waals surface area contributed by atoms with Crippen LogP contribution in [0.1, 0.15) is 0 Å².